The number of fused-ring (bicyclic) bond motifs is 7. The van der Waals surface area contributed by atoms with Crippen LogP contribution in [0.1, 0.15) is 111 Å². The van der Waals surface area contributed by atoms with Crippen molar-refractivity contribution in [1.82, 2.24) is 4.90 Å². The van der Waals surface area contributed by atoms with Gasteiger partial charge in [0.2, 0.25) is 0 Å². The molecule has 3 heteroatoms. The normalized spacial score (nSPS) is 35.2. The van der Waals surface area contributed by atoms with Gasteiger partial charge in [0.05, 0.1) is 12.1 Å². The van der Waals surface area contributed by atoms with Crippen LogP contribution in [0.5, 0.6) is 0 Å². The van der Waals surface area contributed by atoms with Crippen LogP contribution in [-0.2, 0) is 0 Å². The minimum atomic E-state index is 0.0371. The Morgan fingerprint density at radius 3 is 2.45 bits per heavy atom. The van der Waals surface area contributed by atoms with E-state index in [9.17, 15) is 0 Å². The average Bonchev–Trinajstić information content (AvgIpc) is 3.50. The second-order valence-corrected chi connectivity index (χ2v) is 20.2. The summed E-state index contributed by atoms with van der Waals surface area (Å²) in [4.78, 5) is 7.40. The van der Waals surface area contributed by atoms with Gasteiger partial charge in [-0.25, -0.2) is 0 Å². The number of hydrogen-bond donors (Lipinski definition) is 0. The van der Waals surface area contributed by atoms with Crippen LogP contribution in [0.25, 0.3) is 5.57 Å². The molecule has 3 aliphatic heterocycles. The maximum absolute atomic E-state index is 2.92. The average molecular weight is 756 g/mol. The van der Waals surface area contributed by atoms with Gasteiger partial charge < -0.3 is 4.90 Å². The van der Waals surface area contributed by atoms with Crippen LogP contribution in [0.4, 0.5) is 0 Å². The summed E-state index contributed by atoms with van der Waals surface area (Å²) < 4.78 is 0. The number of allylic oxidation sites excluding steroid dienone is 10. The maximum Gasteiger partial charge on any atom is 0.0623 e. The third-order valence-corrected chi connectivity index (χ3v) is 17.5. The first kappa shape index (κ1) is 34.6. The molecule has 10 atom stereocenters. The Morgan fingerprint density at radius 1 is 0.745 bits per heavy atom. The van der Waals surface area contributed by atoms with Crippen molar-refractivity contribution in [3.05, 3.63) is 167 Å². The van der Waals surface area contributed by atoms with E-state index in [1.165, 1.54) is 70.8 Å². The first-order valence-corrected chi connectivity index (χ1v) is 23.0. The maximum atomic E-state index is 2.92. The van der Waals surface area contributed by atoms with Gasteiger partial charge in [-0.1, -0.05) is 154 Å². The topological polar surface area (TPSA) is 3.24 Å². The lowest BCUT2D eigenvalue weighted by molar-refractivity contribution is 0.257. The molecule has 0 spiro atoms. The van der Waals surface area contributed by atoms with Crippen molar-refractivity contribution in [2.75, 3.05) is 0 Å². The molecule has 2 fully saturated rings. The molecule has 10 unspecified atom stereocenters. The van der Waals surface area contributed by atoms with Gasteiger partial charge in [-0.2, -0.15) is 0 Å². The van der Waals surface area contributed by atoms with E-state index < -0.39 is 0 Å². The van der Waals surface area contributed by atoms with Gasteiger partial charge in [0, 0.05) is 48.8 Å². The van der Waals surface area contributed by atoms with Crippen LogP contribution in [0, 0.1) is 23.2 Å². The molecule has 0 radical (unpaired) electrons. The lowest BCUT2D eigenvalue weighted by atomic mass is 9.63. The summed E-state index contributed by atoms with van der Waals surface area (Å²) in [5, 5.41) is 0.681. The largest absolute Gasteiger partial charge is 0.360 e. The fourth-order valence-corrected chi connectivity index (χ4v) is 15.2. The van der Waals surface area contributed by atoms with Crippen LogP contribution < -0.4 is 0 Å². The molecular weight excluding hydrogens is 703 g/mol. The van der Waals surface area contributed by atoms with Crippen molar-refractivity contribution >= 4 is 29.1 Å². The second kappa shape index (κ2) is 13.8. The molecule has 278 valence electrons. The molecule has 55 heavy (non-hydrogen) atoms. The van der Waals surface area contributed by atoms with Crippen LogP contribution in [0.2, 0.25) is 0 Å². The minimum Gasteiger partial charge on any atom is -0.360 e. The number of nitrogens with zero attached hydrogens (tertiary/aromatic N) is 1. The van der Waals surface area contributed by atoms with Crippen LogP contribution in [0.15, 0.2) is 154 Å². The number of rotatable bonds is 4. The van der Waals surface area contributed by atoms with Crippen LogP contribution in [0.3, 0.4) is 0 Å². The Bertz CT molecular complexity index is 2250. The summed E-state index contributed by atoms with van der Waals surface area (Å²) in [6.45, 7) is 4.98. The predicted molar refractivity (Wildman–Crippen MR) is 233 cm³/mol. The van der Waals surface area contributed by atoms with Gasteiger partial charge in [-0.3, -0.25) is 0 Å². The molecule has 5 aliphatic carbocycles. The second-order valence-electron chi connectivity index (χ2n) is 17.8. The fraction of sp³-hybridized carbons (Fsp3) is 0.385. The molecule has 0 aromatic heterocycles. The third kappa shape index (κ3) is 5.49. The van der Waals surface area contributed by atoms with E-state index in [1.54, 1.807) is 28.0 Å². The summed E-state index contributed by atoms with van der Waals surface area (Å²) >= 11 is 4.25. The number of benzene rings is 3. The van der Waals surface area contributed by atoms with Gasteiger partial charge in [0.15, 0.2) is 0 Å². The molecular formula is C52H53NS2. The number of likely N-dealkylation sites (tertiary alicyclic amines) is 1. The van der Waals surface area contributed by atoms with E-state index in [-0.39, 0.29) is 11.3 Å². The predicted octanol–water partition coefficient (Wildman–Crippen LogP) is 13.8. The molecule has 1 saturated heterocycles. The van der Waals surface area contributed by atoms with Crippen molar-refractivity contribution in [1.29, 1.82) is 0 Å². The van der Waals surface area contributed by atoms with Crippen LogP contribution >= 0.6 is 23.5 Å². The third-order valence-electron chi connectivity index (χ3n) is 14.8. The highest BCUT2D eigenvalue weighted by Crippen LogP contribution is 2.64. The minimum absolute atomic E-state index is 0.0371. The quantitative estimate of drug-likeness (QED) is 0.261. The molecule has 3 aromatic rings. The molecule has 1 nitrogen and oxygen atoms in total. The Morgan fingerprint density at radius 2 is 1.56 bits per heavy atom. The Kier molecular flexibility index (Phi) is 8.66. The van der Waals surface area contributed by atoms with Crippen LogP contribution in [-0.4, -0.2) is 22.2 Å². The van der Waals surface area contributed by atoms with Gasteiger partial charge in [-0.15, -0.1) is 11.8 Å². The van der Waals surface area contributed by atoms with Gasteiger partial charge >= 0.3 is 0 Å². The highest BCUT2D eigenvalue weighted by molar-refractivity contribution is 8.00. The van der Waals surface area contributed by atoms with Crippen molar-refractivity contribution in [2.24, 2.45) is 23.2 Å². The highest BCUT2D eigenvalue weighted by atomic mass is 32.2. The number of thioether (sulfide) groups is 1. The number of hydrogen-bond acceptors (Lipinski definition) is 3. The molecule has 11 rings (SSSR count). The summed E-state index contributed by atoms with van der Waals surface area (Å²) in [5.74, 6) is 2.82. The van der Waals surface area contributed by atoms with E-state index in [0.717, 1.165) is 6.42 Å². The van der Waals surface area contributed by atoms with Gasteiger partial charge in [-0.05, 0) is 108 Å². The molecule has 1 saturated carbocycles. The standard InChI is InChI=1S/C52H53NS2/c1-33-16-12-19-35(32-33)53-46-30-10-11-31-52(46,2)41-25-13-24-38(51(41)53)37-23-15-29-45-49(37)50(48-36(22-14-28-44(48)55-45)34-17-4-3-5-18-34)47-39-20-6-8-26-42(39)54-43-27-9-7-21-40(43)47/h3-6,8,10-11,13-15,17,20,22-26,28-34,40-41,43,46-47,50-51H,7,9,12,16,18-19,21,27H2,1-2H3. The zero-order valence-electron chi connectivity index (χ0n) is 32.3. The van der Waals surface area contributed by atoms with E-state index in [1.807, 2.05) is 0 Å². The van der Waals surface area contributed by atoms with Crippen molar-refractivity contribution in [3.8, 4) is 0 Å². The molecule has 0 N–H and O–H groups in total. The lowest BCUT2D eigenvalue weighted by Gasteiger charge is -2.48. The molecule has 0 bridgehead atoms. The molecule has 3 heterocycles. The zero-order chi connectivity index (χ0) is 36.7. The molecule has 0 amide bonds. The summed E-state index contributed by atoms with van der Waals surface area (Å²) in [6, 6.07) is 24.9. The zero-order valence-corrected chi connectivity index (χ0v) is 34.0. The smallest absolute Gasteiger partial charge is 0.0623 e. The van der Waals surface area contributed by atoms with Crippen molar-refractivity contribution in [3.63, 3.8) is 0 Å². The van der Waals surface area contributed by atoms with Gasteiger partial charge in [0.1, 0.15) is 0 Å². The van der Waals surface area contributed by atoms with E-state index in [2.05, 4.69) is 176 Å². The van der Waals surface area contributed by atoms with Gasteiger partial charge in [0.25, 0.3) is 0 Å². The Labute approximate surface area is 337 Å². The monoisotopic (exact) mass is 755 g/mol. The van der Waals surface area contributed by atoms with E-state index >= 15 is 0 Å². The summed E-state index contributed by atoms with van der Waals surface area (Å²) in [5.41, 5.74) is 11.0. The Hall–Kier alpha value is -3.66. The van der Waals surface area contributed by atoms with E-state index in [0.29, 0.717) is 46.9 Å². The SMILES string of the molecule is CC1C=C(N2C3C(c4cccc5c4C(C4c6ccccc6SC6CCCCC64)c4c(cccc4C4C=CC=CC4)S5)=CC=CC3C3(C)C=CC=CC23)CCC1. The molecule has 3 aromatic carbocycles. The van der Waals surface area contributed by atoms with Crippen molar-refractivity contribution < 1.29 is 0 Å². The molecule has 8 aliphatic rings. The fourth-order valence-electron chi connectivity index (χ4n) is 12.4. The first-order chi connectivity index (χ1) is 27.1. The van der Waals surface area contributed by atoms with Crippen molar-refractivity contribution in [2.45, 2.75) is 115 Å². The first-order valence-electron chi connectivity index (χ1n) is 21.3. The summed E-state index contributed by atoms with van der Waals surface area (Å²) in [7, 11) is 0. The van der Waals surface area contributed by atoms with E-state index in [4.69, 9.17) is 0 Å². The highest BCUT2D eigenvalue weighted by Gasteiger charge is 2.57. The Balaban J connectivity index is 1.15. The lowest BCUT2D eigenvalue weighted by Crippen LogP contribution is -2.40. The summed E-state index contributed by atoms with van der Waals surface area (Å²) in [6.07, 6.45) is 39.5.